The van der Waals surface area contributed by atoms with Crippen molar-refractivity contribution in [2.75, 3.05) is 38.9 Å². The Labute approximate surface area is 147 Å². The summed E-state index contributed by atoms with van der Waals surface area (Å²) in [6.07, 6.45) is 0. The Balaban J connectivity index is 0.000000186. The van der Waals surface area contributed by atoms with Crippen LogP contribution in [0.3, 0.4) is 0 Å². The van der Waals surface area contributed by atoms with Crippen LogP contribution < -0.4 is 20.9 Å². The minimum atomic E-state index is -0.657. The summed E-state index contributed by atoms with van der Waals surface area (Å²) in [4.78, 5) is 7.53. The average Bonchev–Trinajstić information content (AvgIpc) is 3.04. The molecule has 0 aliphatic carbocycles. The van der Waals surface area contributed by atoms with Crippen molar-refractivity contribution in [2.24, 2.45) is 0 Å². The molecule has 2 aromatic rings. The van der Waals surface area contributed by atoms with Crippen LogP contribution in [0.5, 0.6) is 11.8 Å². The molecule has 0 bridgehead atoms. The molecular formula is C17H24N4O4. The van der Waals surface area contributed by atoms with E-state index in [-0.39, 0.29) is 5.95 Å². The Morgan fingerprint density at radius 2 is 1.60 bits per heavy atom. The lowest BCUT2D eigenvalue weighted by Gasteiger charge is -2.24. The normalized spacial score (nSPS) is 15.2. The van der Waals surface area contributed by atoms with Crippen molar-refractivity contribution in [3.8, 4) is 11.8 Å². The minimum Gasteiger partial charge on any atom is -0.481 e. The smallest absolute Gasteiger partial charge is 0.226 e. The van der Waals surface area contributed by atoms with E-state index in [1.807, 2.05) is 32.0 Å². The van der Waals surface area contributed by atoms with Gasteiger partial charge in [0.1, 0.15) is 0 Å². The number of aromatic nitrogens is 2. The molecule has 8 nitrogen and oxygen atoms in total. The van der Waals surface area contributed by atoms with Gasteiger partial charge in [-0.1, -0.05) is 18.2 Å². The Morgan fingerprint density at radius 3 is 2.12 bits per heavy atom. The first-order chi connectivity index (χ1) is 11.9. The van der Waals surface area contributed by atoms with E-state index in [0.29, 0.717) is 25.0 Å². The summed E-state index contributed by atoms with van der Waals surface area (Å²) < 4.78 is 20.8. The number of aryl methyl sites for hydroxylation is 1. The second-order valence-electron chi connectivity index (χ2n) is 5.49. The number of nitrogens with zero attached hydrogens (tertiary/aromatic N) is 2. The maximum atomic E-state index is 5.99. The molecule has 0 atom stereocenters. The number of ether oxygens (including phenoxy) is 4. The van der Waals surface area contributed by atoms with E-state index in [1.165, 1.54) is 14.2 Å². The highest BCUT2D eigenvalue weighted by Gasteiger charge is 2.34. The Morgan fingerprint density at radius 1 is 1.04 bits per heavy atom. The van der Waals surface area contributed by atoms with Gasteiger partial charge in [-0.3, -0.25) is 0 Å². The molecule has 25 heavy (non-hydrogen) atoms. The highest BCUT2D eigenvalue weighted by atomic mass is 16.7. The zero-order chi connectivity index (χ0) is 18.4. The van der Waals surface area contributed by atoms with Gasteiger partial charge in [-0.05, 0) is 19.4 Å². The lowest BCUT2D eigenvalue weighted by molar-refractivity contribution is -0.149. The van der Waals surface area contributed by atoms with E-state index in [1.54, 1.807) is 6.07 Å². The number of anilines is 2. The number of methoxy groups -OCH3 is 2. The summed E-state index contributed by atoms with van der Waals surface area (Å²) in [5.74, 6) is 0.278. The molecule has 136 valence electrons. The van der Waals surface area contributed by atoms with Crippen molar-refractivity contribution in [3.05, 3.63) is 35.4 Å². The third kappa shape index (κ3) is 4.49. The molecule has 2 heterocycles. The number of hydrogen-bond acceptors (Lipinski definition) is 8. The first kappa shape index (κ1) is 18.8. The van der Waals surface area contributed by atoms with Crippen molar-refractivity contribution in [1.82, 2.24) is 9.97 Å². The molecule has 8 heteroatoms. The number of hydrogen-bond donors (Lipinski definition) is 2. The van der Waals surface area contributed by atoms with Crippen molar-refractivity contribution in [3.63, 3.8) is 0 Å². The zero-order valence-corrected chi connectivity index (χ0v) is 14.9. The second kappa shape index (κ2) is 8.00. The van der Waals surface area contributed by atoms with E-state index < -0.39 is 5.79 Å². The van der Waals surface area contributed by atoms with Crippen molar-refractivity contribution >= 4 is 11.6 Å². The fraction of sp³-hybridized carbons (Fsp3) is 0.412. The van der Waals surface area contributed by atoms with Crippen LogP contribution in [0.4, 0.5) is 11.6 Å². The van der Waals surface area contributed by atoms with Gasteiger partial charge in [-0.25, -0.2) is 0 Å². The van der Waals surface area contributed by atoms with Gasteiger partial charge in [0, 0.05) is 11.3 Å². The number of nitrogens with two attached hydrogens (primary N) is 2. The van der Waals surface area contributed by atoms with Crippen molar-refractivity contribution in [2.45, 2.75) is 19.6 Å². The Kier molecular flexibility index (Phi) is 6.00. The van der Waals surface area contributed by atoms with Crippen LogP contribution in [0.25, 0.3) is 0 Å². The molecule has 1 fully saturated rings. The van der Waals surface area contributed by atoms with Crippen LogP contribution in [0.1, 0.15) is 18.1 Å². The highest BCUT2D eigenvalue weighted by molar-refractivity contribution is 5.55. The minimum absolute atomic E-state index is 0.140. The Bertz CT molecular complexity index is 696. The second-order valence-corrected chi connectivity index (χ2v) is 5.49. The van der Waals surface area contributed by atoms with Gasteiger partial charge < -0.3 is 30.4 Å². The third-order valence-corrected chi connectivity index (χ3v) is 3.77. The van der Waals surface area contributed by atoms with E-state index in [9.17, 15) is 0 Å². The molecule has 0 saturated carbocycles. The average molecular weight is 348 g/mol. The van der Waals surface area contributed by atoms with E-state index >= 15 is 0 Å². The maximum Gasteiger partial charge on any atom is 0.226 e. The van der Waals surface area contributed by atoms with Crippen molar-refractivity contribution < 1.29 is 18.9 Å². The molecule has 3 rings (SSSR count). The van der Waals surface area contributed by atoms with Gasteiger partial charge in [-0.2, -0.15) is 9.97 Å². The van der Waals surface area contributed by atoms with E-state index in [2.05, 4.69) is 9.97 Å². The van der Waals surface area contributed by atoms with Gasteiger partial charge in [0.05, 0.1) is 33.5 Å². The zero-order valence-electron chi connectivity index (χ0n) is 14.9. The van der Waals surface area contributed by atoms with Crippen molar-refractivity contribution in [1.29, 1.82) is 0 Å². The predicted molar refractivity (Wildman–Crippen MR) is 94.4 cm³/mol. The Hall–Kier alpha value is -2.58. The molecule has 1 aliphatic heterocycles. The summed E-state index contributed by atoms with van der Waals surface area (Å²) in [6, 6.07) is 7.46. The summed E-state index contributed by atoms with van der Waals surface area (Å²) in [5, 5.41) is 0. The van der Waals surface area contributed by atoms with Crippen LogP contribution in [0, 0.1) is 6.92 Å². The first-order valence-corrected chi connectivity index (χ1v) is 7.75. The molecule has 1 aliphatic rings. The molecule has 0 unspecified atom stereocenters. The third-order valence-electron chi connectivity index (χ3n) is 3.77. The largest absolute Gasteiger partial charge is 0.481 e. The standard InChI is InChI=1S/C11H15NO2.C6H9N3O2/c1-8-4-3-5-9(10(8)12)11(2)13-6-7-14-11;1-10-4-3-5(11-2)9-6(7)8-4/h3-5H,6-7,12H2,1-2H3;3H,1-2H3,(H2,7,8,9). The van der Waals surface area contributed by atoms with Crippen LogP contribution in [-0.2, 0) is 15.3 Å². The van der Waals surface area contributed by atoms with Crippen LogP contribution in [0.2, 0.25) is 0 Å². The highest BCUT2D eigenvalue weighted by Crippen LogP contribution is 2.35. The number of benzene rings is 1. The maximum absolute atomic E-state index is 5.99. The lowest BCUT2D eigenvalue weighted by Crippen LogP contribution is -2.24. The number of para-hydroxylation sites is 1. The predicted octanol–water partition coefficient (Wildman–Crippen LogP) is 1.87. The summed E-state index contributed by atoms with van der Waals surface area (Å²) in [5.41, 5.74) is 14.1. The van der Waals surface area contributed by atoms with Crippen LogP contribution in [0.15, 0.2) is 24.3 Å². The van der Waals surface area contributed by atoms with E-state index in [0.717, 1.165) is 16.8 Å². The topological polar surface area (TPSA) is 115 Å². The molecule has 4 N–H and O–H groups in total. The fourth-order valence-electron chi connectivity index (χ4n) is 2.38. The molecular weight excluding hydrogens is 324 g/mol. The molecule has 1 aromatic heterocycles. The van der Waals surface area contributed by atoms with Gasteiger partial charge in [-0.15, -0.1) is 0 Å². The van der Waals surface area contributed by atoms with Gasteiger partial charge in [0.2, 0.25) is 17.7 Å². The lowest BCUT2D eigenvalue weighted by atomic mass is 10.0. The summed E-state index contributed by atoms with van der Waals surface area (Å²) >= 11 is 0. The van der Waals surface area contributed by atoms with Gasteiger partial charge in [0.25, 0.3) is 0 Å². The van der Waals surface area contributed by atoms with E-state index in [4.69, 9.17) is 30.4 Å². The summed E-state index contributed by atoms with van der Waals surface area (Å²) in [6.45, 7) is 5.15. The van der Waals surface area contributed by atoms with Gasteiger partial charge in [0.15, 0.2) is 5.79 Å². The number of rotatable bonds is 3. The quantitative estimate of drug-likeness (QED) is 0.808. The summed E-state index contributed by atoms with van der Waals surface area (Å²) in [7, 11) is 3.00. The monoisotopic (exact) mass is 348 g/mol. The first-order valence-electron chi connectivity index (χ1n) is 7.75. The molecule has 0 amide bonds. The fourth-order valence-corrected chi connectivity index (χ4v) is 2.38. The molecule has 1 saturated heterocycles. The van der Waals surface area contributed by atoms with Crippen LogP contribution >= 0.6 is 0 Å². The molecule has 0 spiro atoms. The SMILES string of the molecule is COc1cc(OC)nc(N)n1.Cc1cccc(C2(C)OCCO2)c1N. The number of nitrogen functional groups attached to an aromatic ring is 2. The van der Waals surface area contributed by atoms with Crippen LogP contribution in [-0.4, -0.2) is 37.4 Å². The molecule has 1 aromatic carbocycles. The van der Waals surface area contributed by atoms with Gasteiger partial charge >= 0.3 is 0 Å². The molecule has 0 radical (unpaired) electrons.